The maximum absolute atomic E-state index is 13.4. The van der Waals surface area contributed by atoms with E-state index in [2.05, 4.69) is 13.0 Å². The molecule has 6 nitrogen and oxygen atoms in total. The van der Waals surface area contributed by atoms with Gasteiger partial charge in [-0.05, 0) is 73.9 Å². The number of carbonyl (C=O) groups is 1. The monoisotopic (exact) mass is 482 g/mol. The zero-order chi connectivity index (χ0) is 26.0. The third kappa shape index (κ3) is 4.80. The van der Waals surface area contributed by atoms with Gasteiger partial charge in [-0.1, -0.05) is 43.3 Å². The Bertz CT molecular complexity index is 1530. The van der Waals surface area contributed by atoms with Crippen molar-refractivity contribution < 1.29 is 14.3 Å². The van der Waals surface area contributed by atoms with E-state index in [1.54, 1.807) is 31.2 Å². The summed E-state index contributed by atoms with van der Waals surface area (Å²) in [5.74, 6) is -0.348. The fraction of sp³-hybridized carbons (Fsp3) is 0.233. The van der Waals surface area contributed by atoms with Crippen molar-refractivity contribution in [2.24, 2.45) is 0 Å². The smallest absolute Gasteiger partial charge is 0.335 e. The lowest BCUT2D eigenvalue weighted by Gasteiger charge is -2.17. The van der Waals surface area contributed by atoms with E-state index >= 15 is 0 Å². The normalized spacial score (nSPS) is 12.0. The van der Waals surface area contributed by atoms with Crippen LogP contribution < -0.4 is 11.2 Å². The first kappa shape index (κ1) is 24.9. The van der Waals surface area contributed by atoms with Gasteiger partial charge in [0.15, 0.2) is 5.43 Å². The summed E-state index contributed by atoms with van der Waals surface area (Å²) in [6.45, 7) is 5.83. The number of benzene rings is 3. The molecule has 0 aliphatic carbocycles. The molecule has 4 aromatic rings. The lowest BCUT2D eigenvalue weighted by molar-refractivity contribution is 0.0695. The highest BCUT2D eigenvalue weighted by Gasteiger charge is 2.19. The number of carboxylic acids is 1. The van der Waals surface area contributed by atoms with Crippen LogP contribution in [0.4, 0.5) is 5.69 Å². The van der Waals surface area contributed by atoms with Crippen molar-refractivity contribution in [2.75, 3.05) is 5.73 Å². The van der Waals surface area contributed by atoms with Gasteiger partial charge in [-0.25, -0.2) is 4.79 Å². The number of aryl methyl sites for hydroxylation is 2. The lowest BCUT2D eigenvalue weighted by atomic mass is 9.90. The van der Waals surface area contributed by atoms with Crippen molar-refractivity contribution in [2.45, 2.75) is 46.0 Å². The largest absolute Gasteiger partial charge is 0.478 e. The van der Waals surface area contributed by atoms with Crippen molar-refractivity contribution in [3.05, 3.63) is 98.2 Å². The molecule has 4 N–H and O–H groups in total. The van der Waals surface area contributed by atoms with Crippen LogP contribution in [0.25, 0.3) is 22.3 Å². The molecule has 184 valence electrons. The van der Waals surface area contributed by atoms with Crippen LogP contribution in [0.5, 0.6) is 0 Å². The lowest BCUT2D eigenvalue weighted by Crippen LogP contribution is -2.10. The number of fused-ring (bicyclic) bond motifs is 1. The molecule has 4 rings (SSSR count). The molecule has 36 heavy (non-hydrogen) atoms. The molecule has 0 amide bonds. The Hall–Kier alpha value is -4.19. The van der Waals surface area contributed by atoms with Gasteiger partial charge in [-0.2, -0.15) is 0 Å². The minimum absolute atomic E-state index is 0.0755. The zero-order valence-electron chi connectivity index (χ0n) is 20.7. The number of nitrogens with one attached hydrogen (secondary N) is 1. The van der Waals surface area contributed by atoms with Gasteiger partial charge in [0, 0.05) is 28.6 Å². The van der Waals surface area contributed by atoms with E-state index < -0.39 is 5.97 Å². The Morgan fingerprint density at radius 2 is 1.89 bits per heavy atom. The molecule has 0 saturated carbocycles. The molecular formula is C30H30N2O4. The number of anilines is 1. The van der Waals surface area contributed by atoms with Crippen molar-refractivity contribution in [1.29, 1.82) is 5.41 Å². The van der Waals surface area contributed by atoms with Crippen LogP contribution in [0.2, 0.25) is 0 Å². The fourth-order valence-electron chi connectivity index (χ4n) is 4.76. The first-order valence-corrected chi connectivity index (χ1v) is 12.0. The summed E-state index contributed by atoms with van der Waals surface area (Å²) in [6.07, 6.45) is 3.45. The molecule has 0 aliphatic heterocycles. The topological polar surface area (TPSA) is 117 Å². The number of hydrogen-bond donors (Lipinski definition) is 3. The second kappa shape index (κ2) is 10.2. The summed E-state index contributed by atoms with van der Waals surface area (Å²) in [7, 11) is 0. The van der Waals surface area contributed by atoms with Gasteiger partial charge in [0.1, 0.15) is 11.3 Å². The third-order valence-electron chi connectivity index (χ3n) is 6.76. The molecule has 0 saturated heterocycles. The molecule has 0 bridgehead atoms. The van der Waals surface area contributed by atoms with Crippen LogP contribution in [0, 0.1) is 19.3 Å². The second-order valence-electron chi connectivity index (χ2n) is 9.36. The van der Waals surface area contributed by atoms with Crippen LogP contribution in [0.1, 0.15) is 63.9 Å². The molecular weight excluding hydrogens is 452 g/mol. The van der Waals surface area contributed by atoms with Crippen molar-refractivity contribution in [1.82, 2.24) is 0 Å². The van der Waals surface area contributed by atoms with Crippen LogP contribution in [0.15, 0.2) is 63.8 Å². The predicted molar refractivity (Wildman–Crippen MR) is 144 cm³/mol. The molecule has 0 spiro atoms. The molecule has 1 heterocycles. The number of rotatable bonds is 8. The highest BCUT2D eigenvalue weighted by Crippen LogP contribution is 2.34. The highest BCUT2D eigenvalue weighted by atomic mass is 16.4. The first-order valence-electron chi connectivity index (χ1n) is 12.0. The Kier molecular flexibility index (Phi) is 7.06. The zero-order valence-corrected chi connectivity index (χ0v) is 20.7. The van der Waals surface area contributed by atoms with Crippen molar-refractivity contribution in [3.8, 4) is 11.3 Å². The van der Waals surface area contributed by atoms with E-state index in [1.807, 2.05) is 31.2 Å². The van der Waals surface area contributed by atoms with Crippen molar-refractivity contribution >= 4 is 28.8 Å². The number of carboxylic acid groups (broad SMARTS) is 1. The molecule has 0 aliphatic rings. The summed E-state index contributed by atoms with van der Waals surface area (Å²) in [5.41, 5.74) is 11.9. The maximum Gasteiger partial charge on any atom is 0.335 e. The Labute approximate surface area is 209 Å². The third-order valence-corrected chi connectivity index (χ3v) is 6.76. The highest BCUT2D eigenvalue weighted by molar-refractivity contribution is 5.89. The molecule has 1 aromatic heterocycles. The van der Waals surface area contributed by atoms with Crippen LogP contribution in [-0.2, 0) is 6.42 Å². The van der Waals surface area contributed by atoms with E-state index in [0.717, 1.165) is 29.5 Å². The van der Waals surface area contributed by atoms with Crippen molar-refractivity contribution in [3.63, 3.8) is 0 Å². The molecule has 0 fully saturated rings. The van der Waals surface area contributed by atoms with E-state index in [0.29, 0.717) is 51.1 Å². The summed E-state index contributed by atoms with van der Waals surface area (Å²) < 4.78 is 6.42. The van der Waals surface area contributed by atoms with E-state index in [-0.39, 0.29) is 11.3 Å². The van der Waals surface area contributed by atoms with E-state index in [4.69, 9.17) is 15.6 Å². The summed E-state index contributed by atoms with van der Waals surface area (Å²) >= 11 is 0. The predicted octanol–water partition coefficient (Wildman–Crippen LogP) is 6.48. The fourth-order valence-corrected chi connectivity index (χ4v) is 4.76. The molecule has 6 heteroatoms. The minimum atomic E-state index is -0.915. The quantitative estimate of drug-likeness (QED) is 0.196. The van der Waals surface area contributed by atoms with Crippen LogP contribution in [0.3, 0.4) is 0 Å². The van der Waals surface area contributed by atoms with Crippen LogP contribution in [-0.4, -0.2) is 17.3 Å². The summed E-state index contributed by atoms with van der Waals surface area (Å²) in [5, 5.41) is 17.5. The maximum atomic E-state index is 13.4. The van der Waals surface area contributed by atoms with Gasteiger partial charge in [-0.15, -0.1) is 0 Å². The van der Waals surface area contributed by atoms with Gasteiger partial charge in [0.25, 0.3) is 0 Å². The van der Waals surface area contributed by atoms with Crippen LogP contribution >= 0.6 is 0 Å². The van der Waals surface area contributed by atoms with Gasteiger partial charge < -0.3 is 20.7 Å². The molecule has 1 unspecified atom stereocenters. The Morgan fingerprint density at radius 1 is 1.14 bits per heavy atom. The number of aromatic carboxylic acids is 1. The summed E-state index contributed by atoms with van der Waals surface area (Å²) in [6, 6.07) is 16.3. The molecule has 0 radical (unpaired) electrons. The minimum Gasteiger partial charge on any atom is -0.478 e. The van der Waals surface area contributed by atoms with E-state index in [1.165, 1.54) is 6.21 Å². The van der Waals surface area contributed by atoms with Gasteiger partial charge >= 0.3 is 5.97 Å². The number of nitrogen functional groups attached to an aromatic ring is 1. The van der Waals surface area contributed by atoms with Gasteiger partial charge in [-0.3, -0.25) is 4.79 Å². The molecule has 1 atom stereocenters. The SMILES string of the molecule is Cc1cc(C(C)CCCc2ccccc2C(=O)O)c2oc(-c3ccc(C=N)c(N)c3)c(C)c(=O)c2c1. The first-order chi connectivity index (χ1) is 17.2. The average molecular weight is 483 g/mol. The van der Waals surface area contributed by atoms with E-state index in [9.17, 15) is 14.7 Å². The molecule has 3 aromatic carbocycles. The summed E-state index contributed by atoms with van der Waals surface area (Å²) in [4.78, 5) is 24.9. The Balaban J connectivity index is 1.71. The standard InChI is InChI=1S/C30H30N2O4/c1-17-13-24(18(2)7-6-9-20-8-4-5-10-23(20)30(34)35)29-25(14-17)27(33)19(3)28(36-29)21-11-12-22(16-31)26(32)15-21/h4-5,8,10-16,18,31H,6-7,9,32H2,1-3H3,(H,34,35). The second-order valence-corrected chi connectivity index (χ2v) is 9.36. The number of nitrogens with two attached hydrogens (primary N) is 1. The average Bonchev–Trinajstić information content (AvgIpc) is 2.86. The van der Waals surface area contributed by atoms with Gasteiger partial charge in [0.05, 0.1) is 10.9 Å². The Morgan fingerprint density at radius 3 is 2.58 bits per heavy atom. The number of hydrogen-bond acceptors (Lipinski definition) is 5. The van der Waals surface area contributed by atoms with Gasteiger partial charge in [0.2, 0.25) is 0 Å².